The molecule has 0 aliphatic heterocycles. The fourth-order valence-electron chi connectivity index (χ4n) is 2.21. The molecule has 0 fully saturated rings. The maximum Gasteiger partial charge on any atom is 0.101 e. The number of benzene rings is 2. The lowest BCUT2D eigenvalue weighted by molar-refractivity contribution is 1.25. The van der Waals surface area contributed by atoms with Gasteiger partial charge >= 0.3 is 0 Å². The Morgan fingerprint density at radius 3 is 2.76 bits per heavy atom. The van der Waals surface area contributed by atoms with Crippen LogP contribution in [0.1, 0.15) is 11.3 Å². The smallest absolute Gasteiger partial charge is 0.101 e. The van der Waals surface area contributed by atoms with Gasteiger partial charge in [-0.2, -0.15) is 5.26 Å². The highest BCUT2D eigenvalue weighted by atomic mass is 35.5. The molecule has 0 aliphatic rings. The van der Waals surface area contributed by atoms with Crippen LogP contribution in [0.5, 0.6) is 0 Å². The van der Waals surface area contributed by atoms with E-state index in [0.717, 1.165) is 22.3 Å². The summed E-state index contributed by atoms with van der Waals surface area (Å²) >= 11 is 6.02. The molecule has 4 heteroatoms. The lowest BCUT2D eigenvalue weighted by atomic mass is 10.1. The van der Waals surface area contributed by atoms with E-state index in [-0.39, 0.29) is 0 Å². The van der Waals surface area contributed by atoms with Crippen molar-refractivity contribution in [3.05, 3.63) is 64.8 Å². The Bertz CT molecular complexity index is 866. The molecule has 1 aromatic heterocycles. The molecule has 0 spiro atoms. The number of nitrogens with zero attached hydrogens (tertiary/aromatic N) is 2. The number of hydrogen-bond donors (Lipinski definition) is 1. The minimum absolute atomic E-state index is 0.545. The van der Waals surface area contributed by atoms with Crippen LogP contribution in [0.3, 0.4) is 0 Å². The first-order valence-corrected chi connectivity index (χ1v) is 6.88. The predicted octanol–water partition coefficient (Wildman–Crippen LogP) is 4.81. The summed E-state index contributed by atoms with van der Waals surface area (Å²) in [7, 11) is 0. The highest BCUT2D eigenvalue weighted by molar-refractivity contribution is 6.31. The van der Waals surface area contributed by atoms with Gasteiger partial charge in [0, 0.05) is 16.1 Å². The van der Waals surface area contributed by atoms with Crippen molar-refractivity contribution in [3.63, 3.8) is 0 Å². The second-order valence-electron chi connectivity index (χ2n) is 4.76. The Balaban J connectivity index is 2.13. The predicted molar refractivity (Wildman–Crippen MR) is 85.9 cm³/mol. The number of halogens is 1. The summed E-state index contributed by atoms with van der Waals surface area (Å²) in [5, 5.41) is 14.1. The summed E-state index contributed by atoms with van der Waals surface area (Å²) < 4.78 is 0. The molecule has 3 nitrogen and oxygen atoms in total. The molecule has 0 radical (unpaired) electrons. The number of pyridine rings is 1. The first-order chi connectivity index (χ1) is 10.2. The van der Waals surface area contributed by atoms with Gasteiger partial charge in [0.25, 0.3) is 0 Å². The number of rotatable bonds is 2. The van der Waals surface area contributed by atoms with E-state index in [1.807, 2.05) is 37.3 Å². The van der Waals surface area contributed by atoms with Gasteiger partial charge in [0.2, 0.25) is 0 Å². The van der Waals surface area contributed by atoms with E-state index in [1.165, 1.54) is 0 Å². The topological polar surface area (TPSA) is 48.7 Å². The van der Waals surface area contributed by atoms with Crippen molar-refractivity contribution in [1.82, 2.24) is 4.98 Å². The maximum atomic E-state index is 9.20. The van der Waals surface area contributed by atoms with Gasteiger partial charge in [-0.3, -0.25) is 4.98 Å². The van der Waals surface area contributed by atoms with Crippen molar-refractivity contribution in [1.29, 1.82) is 5.26 Å². The van der Waals surface area contributed by atoms with Crippen LogP contribution < -0.4 is 5.32 Å². The van der Waals surface area contributed by atoms with E-state index in [1.54, 1.807) is 18.2 Å². The standard InChI is InChI=1S/C17H12ClN3/c1-11-5-6-12-3-2-4-15(17(12)20-11)21-16-9-14(18)8-7-13(16)10-19/h2-9,21H,1H3. The highest BCUT2D eigenvalue weighted by Gasteiger charge is 2.07. The van der Waals surface area contributed by atoms with E-state index in [2.05, 4.69) is 16.4 Å². The van der Waals surface area contributed by atoms with Crippen LogP contribution in [-0.4, -0.2) is 4.98 Å². The monoisotopic (exact) mass is 293 g/mol. The third-order valence-corrected chi connectivity index (χ3v) is 3.47. The van der Waals surface area contributed by atoms with Gasteiger partial charge in [-0.05, 0) is 37.3 Å². The summed E-state index contributed by atoms with van der Waals surface area (Å²) in [4.78, 5) is 4.57. The second-order valence-corrected chi connectivity index (χ2v) is 5.19. The van der Waals surface area contributed by atoms with Crippen LogP contribution in [0.4, 0.5) is 11.4 Å². The van der Waals surface area contributed by atoms with Gasteiger partial charge in [-0.25, -0.2) is 0 Å². The van der Waals surface area contributed by atoms with Crippen LogP contribution in [-0.2, 0) is 0 Å². The zero-order chi connectivity index (χ0) is 14.8. The number of hydrogen-bond acceptors (Lipinski definition) is 3. The number of fused-ring (bicyclic) bond motifs is 1. The van der Waals surface area contributed by atoms with Gasteiger partial charge in [0.15, 0.2) is 0 Å². The maximum absolute atomic E-state index is 9.20. The molecule has 21 heavy (non-hydrogen) atoms. The third-order valence-electron chi connectivity index (χ3n) is 3.23. The molecule has 1 N–H and O–H groups in total. The Kier molecular flexibility index (Phi) is 3.47. The number of nitriles is 1. The summed E-state index contributed by atoms with van der Waals surface area (Å²) in [6.07, 6.45) is 0. The number of aryl methyl sites for hydroxylation is 1. The zero-order valence-electron chi connectivity index (χ0n) is 11.4. The molecule has 2 aromatic carbocycles. The van der Waals surface area contributed by atoms with Crippen molar-refractivity contribution in [2.75, 3.05) is 5.32 Å². The number of nitrogens with one attached hydrogen (secondary N) is 1. The Labute approximate surface area is 127 Å². The lowest BCUT2D eigenvalue weighted by Crippen LogP contribution is -1.96. The van der Waals surface area contributed by atoms with Crippen molar-refractivity contribution < 1.29 is 0 Å². The van der Waals surface area contributed by atoms with E-state index < -0.39 is 0 Å². The van der Waals surface area contributed by atoms with Gasteiger partial charge in [0.05, 0.1) is 22.5 Å². The van der Waals surface area contributed by atoms with Gasteiger partial charge in [-0.15, -0.1) is 0 Å². The highest BCUT2D eigenvalue weighted by Crippen LogP contribution is 2.28. The molecule has 3 aromatic rings. The van der Waals surface area contributed by atoms with Crippen LogP contribution in [0.25, 0.3) is 10.9 Å². The molecule has 0 bridgehead atoms. The van der Waals surface area contributed by atoms with E-state index in [9.17, 15) is 5.26 Å². The molecular weight excluding hydrogens is 282 g/mol. The minimum Gasteiger partial charge on any atom is -0.353 e. The van der Waals surface area contributed by atoms with Crippen LogP contribution in [0.15, 0.2) is 48.5 Å². The van der Waals surface area contributed by atoms with Crippen molar-refractivity contribution >= 4 is 33.9 Å². The van der Waals surface area contributed by atoms with E-state index in [4.69, 9.17) is 11.6 Å². The largest absolute Gasteiger partial charge is 0.353 e. The molecule has 0 saturated heterocycles. The molecule has 0 amide bonds. The van der Waals surface area contributed by atoms with Crippen LogP contribution in [0, 0.1) is 18.3 Å². The number of anilines is 2. The molecule has 1 heterocycles. The SMILES string of the molecule is Cc1ccc2cccc(Nc3cc(Cl)ccc3C#N)c2n1. The van der Waals surface area contributed by atoms with Crippen molar-refractivity contribution in [2.24, 2.45) is 0 Å². The normalized spacial score (nSPS) is 10.3. The first-order valence-electron chi connectivity index (χ1n) is 6.50. The second kappa shape index (κ2) is 5.43. The Hall–Kier alpha value is -2.57. The summed E-state index contributed by atoms with van der Waals surface area (Å²) in [6, 6.07) is 17.2. The number of para-hydroxylation sites is 1. The number of aromatic nitrogens is 1. The van der Waals surface area contributed by atoms with Gasteiger partial charge < -0.3 is 5.32 Å². The minimum atomic E-state index is 0.545. The quantitative estimate of drug-likeness (QED) is 0.737. The Morgan fingerprint density at radius 2 is 1.95 bits per heavy atom. The van der Waals surface area contributed by atoms with E-state index >= 15 is 0 Å². The molecule has 3 rings (SSSR count). The van der Waals surface area contributed by atoms with E-state index in [0.29, 0.717) is 16.3 Å². The summed E-state index contributed by atoms with van der Waals surface area (Å²) in [5.41, 5.74) is 3.91. The zero-order valence-corrected chi connectivity index (χ0v) is 12.1. The van der Waals surface area contributed by atoms with Crippen molar-refractivity contribution in [2.45, 2.75) is 6.92 Å². The third kappa shape index (κ3) is 2.67. The molecule has 0 atom stereocenters. The lowest BCUT2D eigenvalue weighted by Gasteiger charge is -2.11. The Morgan fingerprint density at radius 1 is 1.10 bits per heavy atom. The van der Waals surface area contributed by atoms with Crippen LogP contribution in [0.2, 0.25) is 5.02 Å². The van der Waals surface area contributed by atoms with Crippen LogP contribution >= 0.6 is 11.6 Å². The average molecular weight is 294 g/mol. The molecular formula is C17H12ClN3. The molecule has 0 saturated carbocycles. The molecule has 0 aliphatic carbocycles. The van der Waals surface area contributed by atoms with Crippen molar-refractivity contribution in [3.8, 4) is 6.07 Å². The fraction of sp³-hybridized carbons (Fsp3) is 0.0588. The van der Waals surface area contributed by atoms with Gasteiger partial charge in [-0.1, -0.05) is 29.8 Å². The average Bonchev–Trinajstić information content (AvgIpc) is 2.48. The summed E-state index contributed by atoms with van der Waals surface area (Å²) in [6.45, 7) is 1.95. The summed E-state index contributed by atoms with van der Waals surface area (Å²) in [5.74, 6) is 0. The molecule has 0 unspecified atom stereocenters. The van der Waals surface area contributed by atoms with Gasteiger partial charge in [0.1, 0.15) is 6.07 Å². The molecule has 102 valence electrons. The first kappa shape index (κ1) is 13.4. The fourth-order valence-corrected chi connectivity index (χ4v) is 2.38.